The maximum atomic E-state index is 12.4. The van der Waals surface area contributed by atoms with Crippen LogP contribution in [0.15, 0.2) is 11.2 Å². The van der Waals surface area contributed by atoms with E-state index >= 15 is 0 Å². The predicted octanol–water partition coefficient (Wildman–Crippen LogP) is 2.26. The molecule has 0 spiro atoms. The second kappa shape index (κ2) is 4.34. The number of nitrogens with zero attached hydrogens (tertiary/aromatic N) is 1. The van der Waals surface area contributed by atoms with Crippen molar-refractivity contribution in [3.8, 4) is 5.75 Å². The molecule has 0 saturated heterocycles. The Kier molecular flexibility index (Phi) is 3.71. The molecule has 4 nitrogen and oxygen atoms in total. The van der Waals surface area contributed by atoms with Crippen molar-refractivity contribution >= 4 is 42.3 Å². The van der Waals surface area contributed by atoms with Gasteiger partial charge in [-0.25, -0.2) is 22.2 Å². The second-order valence-corrected chi connectivity index (χ2v) is 6.06. The van der Waals surface area contributed by atoms with Crippen molar-refractivity contribution in [1.82, 2.24) is 4.98 Å². The molecule has 0 aromatic carbocycles. The first-order valence-corrected chi connectivity index (χ1v) is 6.74. The minimum Gasteiger partial charge on any atom is -0.504 e. The van der Waals surface area contributed by atoms with Crippen LogP contribution >= 0.6 is 33.3 Å². The average molecular weight is 370 g/mol. The van der Waals surface area contributed by atoms with Crippen molar-refractivity contribution in [2.24, 2.45) is 0 Å². The SMILES string of the molecule is O=S(=O)(Cl)c1ncc(I)c(C(F)F)c1O. The summed E-state index contributed by atoms with van der Waals surface area (Å²) in [5.74, 6) is -1.10. The van der Waals surface area contributed by atoms with Crippen LogP contribution in [0.25, 0.3) is 0 Å². The van der Waals surface area contributed by atoms with Crippen LogP contribution in [0.2, 0.25) is 0 Å². The Morgan fingerprint density at radius 2 is 2.07 bits per heavy atom. The van der Waals surface area contributed by atoms with Crippen molar-refractivity contribution in [1.29, 1.82) is 0 Å². The van der Waals surface area contributed by atoms with Crippen molar-refractivity contribution in [3.05, 3.63) is 15.3 Å². The van der Waals surface area contributed by atoms with Crippen LogP contribution in [0.1, 0.15) is 12.0 Å². The molecule has 0 radical (unpaired) electrons. The molecule has 0 unspecified atom stereocenters. The van der Waals surface area contributed by atoms with E-state index in [1.54, 1.807) is 0 Å². The Hall–Kier alpha value is -0.220. The fourth-order valence-corrected chi connectivity index (χ4v) is 2.35. The topological polar surface area (TPSA) is 67.3 Å². The van der Waals surface area contributed by atoms with Crippen molar-refractivity contribution in [2.45, 2.75) is 11.5 Å². The summed E-state index contributed by atoms with van der Waals surface area (Å²) in [5.41, 5.74) is -0.787. The van der Waals surface area contributed by atoms with E-state index in [1.165, 1.54) is 22.6 Å². The van der Waals surface area contributed by atoms with Gasteiger partial charge in [0.2, 0.25) is 5.03 Å². The standard InChI is InChI=1S/C6H3ClF2INO3S/c7-15(13,14)6-4(12)3(5(8)9)2(10)1-11-6/h1,5,12H. The first kappa shape index (κ1) is 12.8. The van der Waals surface area contributed by atoms with Crippen LogP contribution in [0.4, 0.5) is 8.78 Å². The predicted molar refractivity (Wildman–Crippen MR) is 56.6 cm³/mol. The lowest BCUT2D eigenvalue weighted by atomic mass is 10.2. The monoisotopic (exact) mass is 369 g/mol. The molecular weight excluding hydrogens is 366 g/mol. The van der Waals surface area contributed by atoms with Crippen molar-refractivity contribution in [2.75, 3.05) is 0 Å². The summed E-state index contributed by atoms with van der Waals surface area (Å²) in [7, 11) is 0.563. The molecule has 0 aliphatic carbocycles. The summed E-state index contributed by atoms with van der Waals surface area (Å²) in [6, 6.07) is 0. The number of aromatic hydroxyl groups is 1. The maximum Gasteiger partial charge on any atom is 0.282 e. The lowest BCUT2D eigenvalue weighted by Gasteiger charge is -2.07. The summed E-state index contributed by atoms with van der Waals surface area (Å²) >= 11 is 1.51. The molecule has 1 aromatic rings. The van der Waals surface area contributed by atoms with Crippen LogP contribution in [0, 0.1) is 3.57 Å². The van der Waals surface area contributed by atoms with Crippen LogP contribution in [-0.2, 0) is 9.05 Å². The molecule has 15 heavy (non-hydrogen) atoms. The van der Waals surface area contributed by atoms with E-state index in [0.717, 1.165) is 6.20 Å². The van der Waals surface area contributed by atoms with Gasteiger partial charge < -0.3 is 5.11 Å². The third-order valence-corrected chi connectivity index (χ3v) is 3.52. The van der Waals surface area contributed by atoms with Crippen LogP contribution < -0.4 is 0 Å². The van der Waals surface area contributed by atoms with Gasteiger partial charge in [0.15, 0.2) is 5.75 Å². The highest BCUT2D eigenvalue weighted by molar-refractivity contribution is 14.1. The summed E-state index contributed by atoms with van der Waals surface area (Å²) in [6.45, 7) is 0. The van der Waals surface area contributed by atoms with Gasteiger partial charge in [-0.15, -0.1) is 0 Å². The van der Waals surface area contributed by atoms with Gasteiger partial charge in [0, 0.05) is 20.4 Å². The van der Waals surface area contributed by atoms with Gasteiger partial charge >= 0.3 is 0 Å². The number of hydrogen-bond acceptors (Lipinski definition) is 4. The smallest absolute Gasteiger partial charge is 0.282 e. The average Bonchev–Trinajstić information content (AvgIpc) is 2.00. The van der Waals surface area contributed by atoms with Gasteiger partial charge in [-0.1, -0.05) is 0 Å². The zero-order valence-corrected chi connectivity index (χ0v) is 10.5. The fourth-order valence-electron chi connectivity index (χ4n) is 0.860. The molecular formula is C6H3ClF2INO3S. The Balaban J connectivity index is 3.56. The lowest BCUT2D eigenvalue weighted by molar-refractivity contribution is 0.145. The maximum absolute atomic E-state index is 12.4. The van der Waals surface area contributed by atoms with E-state index in [4.69, 9.17) is 10.7 Å². The van der Waals surface area contributed by atoms with Crippen LogP contribution in [0.3, 0.4) is 0 Å². The molecule has 9 heteroatoms. The molecule has 1 heterocycles. The highest BCUT2D eigenvalue weighted by Crippen LogP contribution is 2.36. The Morgan fingerprint density at radius 3 is 2.47 bits per heavy atom. The van der Waals surface area contributed by atoms with Gasteiger partial charge in [0.25, 0.3) is 15.5 Å². The van der Waals surface area contributed by atoms with Crippen LogP contribution in [0.5, 0.6) is 5.75 Å². The molecule has 1 N–H and O–H groups in total. The normalized spacial score (nSPS) is 12.1. The first-order chi connectivity index (χ1) is 6.75. The van der Waals surface area contributed by atoms with E-state index in [1.807, 2.05) is 0 Å². The highest BCUT2D eigenvalue weighted by atomic mass is 127. The number of alkyl halides is 2. The largest absolute Gasteiger partial charge is 0.504 e. The van der Waals surface area contributed by atoms with Gasteiger partial charge in [-0.05, 0) is 22.6 Å². The first-order valence-electron chi connectivity index (χ1n) is 3.35. The number of pyridine rings is 1. The summed E-state index contributed by atoms with van der Waals surface area (Å²) in [6.07, 6.45) is -2.10. The molecule has 0 saturated carbocycles. The molecule has 0 amide bonds. The van der Waals surface area contributed by atoms with E-state index in [9.17, 15) is 22.3 Å². The molecule has 0 aliphatic heterocycles. The van der Waals surface area contributed by atoms with E-state index in [0.29, 0.717) is 0 Å². The molecule has 0 fully saturated rings. The zero-order chi connectivity index (χ0) is 11.8. The molecule has 1 aromatic heterocycles. The summed E-state index contributed by atoms with van der Waals surface area (Å²) < 4.78 is 46.5. The van der Waals surface area contributed by atoms with E-state index < -0.39 is 31.8 Å². The lowest BCUT2D eigenvalue weighted by Crippen LogP contribution is -2.01. The number of aromatic nitrogens is 1. The molecule has 0 bridgehead atoms. The second-order valence-electron chi connectivity index (χ2n) is 2.41. The van der Waals surface area contributed by atoms with E-state index in [2.05, 4.69) is 4.98 Å². The Labute approximate surface area is 102 Å². The molecule has 1 rings (SSSR count). The van der Waals surface area contributed by atoms with Crippen molar-refractivity contribution < 1.29 is 22.3 Å². The Bertz CT molecular complexity index is 493. The Morgan fingerprint density at radius 1 is 1.53 bits per heavy atom. The number of halogens is 4. The van der Waals surface area contributed by atoms with E-state index in [-0.39, 0.29) is 3.57 Å². The molecule has 0 aliphatic rings. The number of hydrogen-bond donors (Lipinski definition) is 1. The van der Waals surface area contributed by atoms with Crippen LogP contribution in [-0.4, -0.2) is 18.5 Å². The summed E-state index contributed by atoms with van der Waals surface area (Å²) in [4.78, 5) is 3.28. The molecule has 0 atom stereocenters. The highest BCUT2D eigenvalue weighted by Gasteiger charge is 2.26. The third kappa shape index (κ3) is 2.67. The fraction of sp³-hybridized carbons (Fsp3) is 0.167. The molecule has 84 valence electrons. The summed E-state index contributed by atoms with van der Waals surface area (Å²) in [5, 5.41) is 8.31. The quantitative estimate of drug-likeness (QED) is 0.641. The van der Waals surface area contributed by atoms with Gasteiger partial charge in [-0.3, -0.25) is 0 Å². The minimum atomic E-state index is -4.33. The van der Waals surface area contributed by atoms with Gasteiger partial charge in [-0.2, -0.15) is 0 Å². The third-order valence-electron chi connectivity index (χ3n) is 1.46. The minimum absolute atomic E-state index is 0.0378. The number of rotatable bonds is 2. The van der Waals surface area contributed by atoms with Gasteiger partial charge in [0.05, 0.1) is 5.56 Å². The zero-order valence-electron chi connectivity index (χ0n) is 6.79. The van der Waals surface area contributed by atoms with Crippen molar-refractivity contribution in [3.63, 3.8) is 0 Å². The van der Waals surface area contributed by atoms with Gasteiger partial charge in [0.1, 0.15) is 0 Å².